The highest BCUT2D eigenvalue weighted by Crippen LogP contribution is 2.57. The zero-order valence-corrected chi connectivity index (χ0v) is 21.7. The summed E-state index contributed by atoms with van der Waals surface area (Å²) in [6.45, 7) is 0. The summed E-state index contributed by atoms with van der Waals surface area (Å²) in [6.07, 6.45) is 4.66. The first-order chi connectivity index (χ1) is 18.0. The van der Waals surface area contributed by atoms with E-state index in [0.29, 0.717) is 12.0 Å². The lowest BCUT2D eigenvalue weighted by atomic mass is 9.61. The van der Waals surface area contributed by atoms with Crippen molar-refractivity contribution in [2.75, 3.05) is 0 Å². The standard InChI is InChI=1S/C34H25BrO2/c35-24-19-20-31-32(21-24)34(37,28-18-8-12-23-10-2-4-14-26(23)28)30-16-6-5-15-29(30)33(31,36)27-17-7-11-22-9-1-3-13-25(22)27/h1-20,24,36-37H,21H2. The molecule has 7 rings (SSSR count). The van der Waals surface area contributed by atoms with Gasteiger partial charge in [-0.2, -0.15) is 0 Å². The Bertz CT molecular complexity index is 1760. The topological polar surface area (TPSA) is 40.5 Å². The molecule has 180 valence electrons. The van der Waals surface area contributed by atoms with E-state index in [2.05, 4.69) is 58.4 Å². The van der Waals surface area contributed by atoms with Gasteiger partial charge in [-0.05, 0) is 50.2 Å². The van der Waals surface area contributed by atoms with Crippen molar-refractivity contribution in [2.24, 2.45) is 0 Å². The minimum atomic E-state index is -1.42. The van der Waals surface area contributed by atoms with Crippen LogP contribution in [-0.4, -0.2) is 15.0 Å². The van der Waals surface area contributed by atoms with Crippen LogP contribution >= 0.6 is 15.9 Å². The average Bonchev–Trinajstić information content (AvgIpc) is 2.95. The molecule has 0 aromatic heterocycles. The van der Waals surface area contributed by atoms with Gasteiger partial charge in [0.05, 0.1) is 0 Å². The lowest BCUT2D eigenvalue weighted by Gasteiger charge is -2.48. The number of hydrogen-bond donors (Lipinski definition) is 2. The third kappa shape index (κ3) is 3.12. The van der Waals surface area contributed by atoms with Crippen LogP contribution < -0.4 is 0 Å². The Labute approximate surface area is 224 Å². The molecular formula is C34H25BrO2. The molecule has 0 saturated carbocycles. The molecule has 0 aliphatic heterocycles. The number of rotatable bonds is 2. The van der Waals surface area contributed by atoms with Crippen molar-refractivity contribution in [1.82, 2.24) is 0 Å². The number of fused-ring (bicyclic) bond motifs is 3. The van der Waals surface area contributed by atoms with Crippen LogP contribution in [-0.2, 0) is 11.2 Å². The van der Waals surface area contributed by atoms with E-state index >= 15 is 0 Å². The highest BCUT2D eigenvalue weighted by Gasteiger charge is 2.53. The van der Waals surface area contributed by atoms with Crippen LogP contribution in [0, 0.1) is 0 Å². The van der Waals surface area contributed by atoms with Gasteiger partial charge in [0.2, 0.25) is 0 Å². The van der Waals surface area contributed by atoms with Crippen molar-refractivity contribution in [3.05, 3.63) is 155 Å². The van der Waals surface area contributed by atoms with E-state index < -0.39 is 11.2 Å². The highest BCUT2D eigenvalue weighted by atomic mass is 79.9. The molecule has 0 radical (unpaired) electrons. The van der Waals surface area contributed by atoms with Gasteiger partial charge in [0.25, 0.3) is 0 Å². The maximum absolute atomic E-state index is 13.0. The Kier molecular flexibility index (Phi) is 5.06. The summed E-state index contributed by atoms with van der Waals surface area (Å²) in [5, 5.41) is 30.1. The van der Waals surface area contributed by atoms with E-state index in [0.717, 1.165) is 49.4 Å². The quantitative estimate of drug-likeness (QED) is 0.226. The van der Waals surface area contributed by atoms with Gasteiger partial charge in [0.15, 0.2) is 0 Å². The highest BCUT2D eigenvalue weighted by molar-refractivity contribution is 9.09. The minimum absolute atomic E-state index is 0.0507. The summed E-state index contributed by atoms with van der Waals surface area (Å²) in [5.41, 5.74) is 1.82. The summed E-state index contributed by atoms with van der Waals surface area (Å²) < 4.78 is 0. The Morgan fingerprint density at radius 1 is 0.568 bits per heavy atom. The first-order valence-electron chi connectivity index (χ1n) is 12.6. The lowest BCUT2D eigenvalue weighted by Crippen LogP contribution is -2.45. The van der Waals surface area contributed by atoms with Crippen molar-refractivity contribution < 1.29 is 10.2 Å². The zero-order chi connectivity index (χ0) is 25.2. The van der Waals surface area contributed by atoms with Crippen molar-refractivity contribution >= 4 is 37.5 Å². The van der Waals surface area contributed by atoms with E-state index in [1.165, 1.54) is 0 Å². The molecule has 5 aromatic carbocycles. The molecule has 0 spiro atoms. The molecule has 2 aliphatic carbocycles. The van der Waals surface area contributed by atoms with Crippen LogP contribution in [0.1, 0.15) is 28.7 Å². The van der Waals surface area contributed by atoms with Gasteiger partial charge in [-0.3, -0.25) is 0 Å². The summed E-state index contributed by atoms with van der Waals surface area (Å²) >= 11 is 3.78. The van der Waals surface area contributed by atoms with E-state index in [9.17, 15) is 10.2 Å². The molecule has 2 nitrogen and oxygen atoms in total. The zero-order valence-electron chi connectivity index (χ0n) is 20.1. The second-order valence-electron chi connectivity index (χ2n) is 9.99. The van der Waals surface area contributed by atoms with E-state index in [1.807, 2.05) is 78.9 Å². The van der Waals surface area contributed by atoms with Gasteiger partial charge >= 0.3 is 0 Å². The van der Waals surface area contributed by atoms with Crippen molar-refractivity contribution in [3.8, 4) is 0 Å². The lowest BCUT2D eigenvalue weighted by molar-refractivity contribution is 0.0715. The maximum Gasteiger partial charge on any atom is 0.141 e. The Morgan fingerprint density at radius 3 is 1.65 bits per heavy atom. The normalized spacial score (nSPS) is 24.8. The Hall–Kier alpha value is -3.50. The fourth-order valence-electron chi connectivity index (χ4n) is 6.46. The number of allylic oxidation sites excluding steroid dienone is 1. The molecule has 0 heterocycles. The minimum Gasteiger partial charge on any atom is -0.376 e. The molecule has 2 aliphatic rings. The monoisotopic (exact) mass is 544 g/mol. The van der Waals surface area contributed by atoms with Crippen LogP contribution in [0.25, 0.3) is 21.5 Å². The molecular weight excluding hydrogens is 520 g/mol. The van der Waals surface area contributed by atoms with E-state index in [-0.39, 0.29) is 4.83 Å². The van der Waals surface area contributed by atoms with Gasteiger partial charge in [0.1, 0.15) is 11.2 Å². The molecule has 0 bridgehead atoms. The third-order valence-electron chi connectivity index (χ3n) is 8.09. The van der Waals surface area contributed by atoms with Crippen molar-refractivity contribution in [2.45, 2.75) is 22.5 Å². The average molecular weight is 545 g/mol. The van der Waals surface area contributed by atoms with Gasteiger partial charge in [-0.25, -0.2) is 0 Å². The van der Waals surface area contributed by atoms with Crippen LogP contribution in [0.15, 0.2) is 132 Å². The van der Waals surface area contributed by atoms with Crippen LogP contribution in [0.2, 0.25) is 0 Å². The molecule has 2 N–H and O–H groups in total. The van der Waals surface area contributed by atoms with Crippen LogP contribution in [0.3, 0.4) is 0 Å². The van der Waals surface area contributed by atoms with Gasteiger partial charge in [-0.15, -0.1) is 0 Å². The largest absolute Gasteiger partial charge is 0.376 e. The summed E-state index contributed by atoms with van der Waals surface area (Å²) in [5.74, 6) is 0. The van der Waals surface area contributed by atoms with Gasteiger partial charge < -0.3 is 10.2 Å². The van der Waals surface area contributed by atoms with Crippen LogP contribution in [0.4, 0.5) is 0 Å². The predicted octanol–water partition coefficient (Wildman–Crippen LogP) is 7.50. The molecule has 3 atom stereocenters. The third-order valence-corrected chi connectivity index (χ3v) is 8.72. The smallest absolute Gasteiger partial charge is 0.141 e. The SMILES string of the molecule is OC1(c2cccc3ccccc23)C2=C(CC(Br)C=C2)C(O)(c2cccc3ccccc23)c2ccccc21. The van der Waals surface area contributed by atoms with Gasteiger partial charge in [0, 0.05) is 16.0 Å². The summed E-state index contributed by atoms with van der Waals surface area (Å²) in [7, 11) is 0. The molecule has 3 heteroatoms. The molecule has 5 aromatic rings. The second kappa shape index (κ2) is 8.26. The number of benzene rings is 5. The van der Waals surface area contributed by atoms with E-state index in [1.54, 1.807) is 0 Å². The van der Waals surface area contributed by atoms with Gasteiger partial charge in [-0.1, -0.05) is 137 Å². The molecule has 0 saturated heterocycles. The second-order valence-corrected chi connectivity index (χ2v) is 11.2. The predicted molar refractivity (Wildman–Crippen MR) is 154 cm³/mol. The summed E-state index contributed by atoms with van der Waals surface area (Å²) in [4.78, 5) is 0.0507. The van der Waals surface area contributed by atoms with Crippen molar-refractivity contribution in [1.29, 1.82) is 0 Å². The number of aliphatic hydroxyl groups is 2. The Morgan fingerprint density at radius 2 is 1.03 bits per heavy atom. The fraction of sp³-hybridized carbons (Fsp3) is 0.118. The Balaban J connectivity index is 1.63. The molecule has 3 unspecified atom stereocenters. The number of halogens is 1. The first-order valence-corrected chi connectivity index (χ1v) is 13.5. The molecule has 0 fully saturated rings. The number of hydrogen-bond acceptors (Lipinski definition) is 2. The first kappa shape index (κ1) is 22.7. The van der Waals surface area contributed by atoms with E-state index in [4.69, 9.17) is 0 Å². The fourth-order valence-corrected chi connectivity index (χ4v) is 6.93. The molecule has 37 heavy (non-hydrogen) atoms. The van der Waals surface area contributed by atoms with Crippen LogP contribution in [0.5, 0.6) is 0 Å². The van der Waals surface area contributed by atoms with Crippen molar-refractivity contribution in [3.63, 3.8) is 0 Å². The molecule has 0 amide bonds. The number of alkyl halides is 1. The summed E-state index contributed by atoms with van der Waals surface area (Å²) in [6, 6.07) is 36.4. The maximum atomic E-state index is 13.0.